The smallest absolute Gasteiger partial charge is 0.310 e. The van der Waals surface area contributed by atoms with Gasteiger partial charge in [0.05, 0.1) is 21.7 Å². The fraction of sp³-hybridized carbons (Fsp3) is 0.467. The number of likely N-dealkylation sites (tertiary alicyclic amines) is 1. The third kappa shape index (κ3) is 2.21. The Morgan fingerprint density at radius 2 is 2.25 bits per heavy atom. The molecule has 1 fully saturated rings. The molecular weight excluding hydrogens is 272 g/mol. The van der Waals surface area contributed by atoms with Gasteiger partial charge in [-0.05, 0) is 32.4 Å². The van der Waals surface area contributed by atoms with E-state index in [1.165, 1.54) is 4.70 Å². The van der Waals surface area contributed by atoms with E-state index in [4.69, 9.17) is 0 Å². The van der Waals surface area contributed by atoms with Gasteiger partial charge in [0.25, 0.3) is 0 Å². The zero-order valence-corrected chi connectivity index (χ0v) is 12.5. The van der Waals surface area contributed by atoms with Gasteiger partial charge < -0.3 is 5.11 Å². The van der Waals surface area contributed by atoms with Crippen LogP contribution in [-0.4, -0.2) is 34.0 Å². The van der Waals surface area contributed by atoms with Crippen LogP contribution in [-0.2, 0) is 4.79 Å². The Morgan fingerprint density at radius 3 is 2.90 bits per heavy atom. The van der Waals surface area contributed by atoms with E-state index in [2.05, 4.69) is 22.9 Å². The van der Waals surface area contributed by atoms with Crippen LogP contribution >= 0.6 is 11.3 Å². The molecule has 5 heteroatoms. The molecule has 0 amide bonds. The Bertz CT molecular complexity index is 621. The van der Waals surface area contributed by atoms with Crippen molar-refractivity contribution in [1.82, 2.24) is 9.88 Å². The van der Waals surface area contributed by atoms with Gasteiger partial charge in [-0.15, -0.1) is 11.3 Å². The molecular formula is C15H18N2O2S. The third-order valence-corrected chi connectivity index (χ3v) is 5.44. The average molecular weight is 290 g/mol. The van der Waals surface area contributed by atoms with E-state index < -0.39 is 11.4 Å². The molecule has 0 saturated carbocycles. The first-order chi connectivity index (χ1) is 9.49. The highest BCUT2D eigenvalue weighted by Crippen LogP contribution is 2.37. The second-order valence-electron chi connectivity index (χ2n) is 5.78. The molecule has 2 unspecified atom stereocenters. The van der Waals surface area contributed by atoms with Crippen molar-refractivity contribution in [3.63, 3.8) is 0 Å². The fourth-order valence-electron chi connectivity index (χ4n) is 2.73. The van der Waals surface area contributed by atoms with Crippen LogP contribution in [0.4, 0.5) is 0 Å². The molecule has 0 bridgehead atoms. The highest BCUT2D eigenvalue weighted by molar-refractivity contribution is 7.18. The maximum atomic E-state index is 11.3. The van der Waals surface area contributed by atoms with E-state index in [1.54, 1.807) is 11.3 Å². The molecule has 0 spiro atoms. The molecule has 106 valence electrons. The first-order valence-corrected chi connectivity index (χ1v) is 7.64. The van der Waals surface area contributed by atoms with Crippen LogP contribution in [0.2, 0.25) is 0 Å². The van der Waals surface area contributed by atoms with Gasteiger partial charge in [0.15, 0.2) is 0 Å². The van der Waals surface area contributed by atoms with Crippen molar-refractivity contribution in [1.29, 1.82) is 0 Å². The van der Waals surface area contributed by atoms with Crippen LogP contribution in [0.3, 0.4) is 0 Å². The lowest BCUT2D eigenvalue weighted by molar-refractivity contribution is -0.147. The number of benzene rings is 1. The number of aliphatic carboxylic acids is 1. The molecule has 0 aliphatic carbocycles. The molecule has 2 atom stereocenters. The van der Waals surface area contributed by atoms with Gasteiger partial charge in [0, 0.05) is 13.1 Å². The van der Waals surface area contributed by atoms with Gasteiger partial charge in [-0.1, -0.05) is 12.1 Å². The van der Waals surface area contributed by atoms with Gasteiger partial charge in [-0.2, -0.15) is 0 Å². The predicted molar refractivity (Wildman–Crippen MR) is 80.0 cm³/mol. The van der Waals surface area contributed by atoms with Crippen molar-refractivity contribution in [2.24, 2.45) is 5.41 Å². The lowest BCUT2D eigenvalue weighted by atomic mass is 9.90. The summed E-state index contributed by atoms with van der Waals surface area (Å²) in [4.78, 5) is 18.2. The van der Waals surface area contributed by atoms with E-state index in [0.29, 0.717) is 13.0 Å². The average Bonchev–Trinajstić information content (AvgIpc) is 3.02. The molecule has 1 aliphatic rings. The van der Waals surface area contributed by atoms with Crippen molar-refractivity contribution in [3.8, 4) is 0 Å². The second-order valence-corrected chi connectivity index (χ2v) is 6.84. The van der Waals surface area contributed by atoms with E-state index >= 15 is 0 Å². The van der Waals surface area contributed by atoms with Crippen LogP contribution in [0.1, 0.15) is 31.3 Å². The lowest BCUT2D eigenvalue weighted by Gasteiger charge is -2.24. The SMILES string of the molecule is CC(c1nc2ccccc2s1)N1CCC(C)(C(=O)O)C1. The zero-order chi connectivity index (χ0) is 14.3. The number of rotatable bonds is 3. The Morgan fingerprint density at radius 1 is 1.50 bits per heavy atom. The quantitative estimate of drug-likeness (QED) is 0.943. The van der Waals surface area contributed by atoms with Crippen LogP contribution < -0.4 is 0 Å². The Labute approximate surface area is 122 Å². The molecule has 0 radical (unpaired) electrons. The predicted octanol–water partition coefficient (Wildman–Crippen LogP) is 3.15. The first-order valence-electron chi connectivity index (χ1n) is 6.82. The minimum absolute atomic E-state index is 0.175. The minimum Gasteiger partial charge on any atom is -0.481 e. The normalized spacial score (nSPS) is 25.1. The number of thiazole rings is 1. The summed E-state index contributed by atoms with van der Waals surface area (Å²) in [6, 6.07) is 8.29. The van der Waals surface area contributed by atoms with Gasteiger partial charge in [-0.3, -0.25) is 9.69 Å². The van der Waals surface area contributed by atoms with Crippen molar-refractivity contribution in [3.05, 3.63) is 29.3 Å². The Balaban J connectivity index is 1.83. The number of carboxylic acid groups (broad SMARTS) is 1. The summed E-state index contributed by atoms with van der Waals surface area (Å²) in [5.74, 6) is -0.698. The lowest BCUT2D eigenvalue weighted by Crippen LogP contribution is -2.32. The minimum atomic E-state index is -0.698. The maximum Gasteiger partial charge on any atom is 0.310 e. The maximum absolute atomic E-state index is 11.3. The molecule has 2 aromatic rings. The Hall–Kier alpha value is -1.46. The fourth-order valence-corrected chi connectivity index (χ4v) is 3.78. The molecule has 1 saturated heterocycles. The van der Waals surface area contributed by atoms with Crippen molar-refractivity contribution < 1.29 is 9.90 Å². The number of hydrogen-bond acceptors (Lipinski definition) is 4. The number of nitrogens with zero attached hydrogens (tertiary/aromatic N) is 2. The van der Waals surface area contributed by atoms with Gasteiger partial charge in [-0.25, -0.2) is 4.98 Å². The summed E-state index contributed by atoms with van der Waals surface area (Å²) in [5, 5.41) is 10.4. The van der Waals surface area contributed by atoms with E-state index in [0.717, 1.165) is 17.1 Å². The number of carboxylic acids is 1. The van der Waals surface area contributed by atoms with Gasteiger partial charge in [0.1, 0.15) is 5.01 Å². The monoisotopic (exact) mass is 290 g/mol. The van der Waals surface area contributed by atoms with E-state index in [9.17, 15) is 9.90 Å². The summed E-state index contributed by atoms with van der Waals surface area (Å²) in [5.41, 5.74) is 0.407. The number of hydrogen-bond donors (Lipinski definition) is 1. The number of aromatic nitrogens is 1. The number of carbonyl (C=O) groups is 1. The standard InChI is InChI=1S/C15H18N2O2S/c1-10(17-8-7-15(2,9-17)14(18)19)13-16-11-5-3-4-6-12(11)20-13/h3-6,10H,7-9H2,1-2H3,(H,18,19). The summed E-state index contributed by atoms with van der Waals surface area (Å²) in [7, 11) is 0. The molecule has 4 nitrogen and oxygen atoms in total. The highest BCUT2D eigenvalue weighted by atomic mass is 32.1. The number of para-hydroxylation sites is 1. The topological polar surface area (TPSA) is 53.4 Å². The largest absolute Gasteiger partial charge is 0.481 e. The molecule has 1 aliphatic heterocycles. The number of fused-ring (bicyclic) bond motifs is 1. The molecule has 3 rings (SSSR count). The first kappa shape index (κ1) is 13.5. The summed E-state index contributed by atoms with van der Waals surface area (Å²) < 4.78 is 1.19. The molecule has 20 heavy (non-hydrogen) atoms. The van der Waals surface area contributed by atoms with Crippen molar-refractivity contribution in [2.75, 3.05) is 13.1 Å². The summed E-state index contributed by atoms with van der Waals surface area (Å²) in [6.45, 7) is 5.37. The van der Waals surface area contributed by atoms with Crippen LogP contribution in [0.15, 0.2) is 24.3 Å². The third-order valence-electron chi connectivity index (χ3n) is 4.23. The van der Waals surface area contributed by atoms with Crippen molar-refractivity contribution >= 4 is 27.5 Å². The molecule has 2 heterocycles. The summed E-state index contributed by atoms with van der Waals surface area (Å²) >= 11 is 1.70. The van der Waals surface area contributed by atoms with Crippen LogP contribution in [0, 0.1) is 5.41 Å². The van der Waals surface area contributed by atoms with Crippen LogP contribution in [0.25, 0.3) is 10.2 Å². The molecule has 1 aromatic heterocycles. The van der Waals surface area contributed by atoms with Crippen molar-refractivity contribution in [2.45, 2.75) is 26.3 Å². The zero-order valence-electron chi connectivity index (χ0n) is 11.7. The highest BCUT2D eigenvalue weighted by Gasteiger charge is 2.42. The van der Waals surface area contributed by atoms with Gasteiger partial charge in [0.2, 0.25) is 0 Å². The summed E-state index contributed by atoms with van der Waals surface area (Å²) in [6.07, 6.45) is 0.706. The van der Waals surface area contributed by atoms with E-state index in [-0.39, 0.29) is 6.04 Å². The van der Waals surface area contributed by atoms with E-state index in [1.807, 2.05) is 25.1 Å². The second kappa shape index (κ2) is 4.82. The Kier molecular flexibility index (Phi) is 3.26. The van der Waals surface area contributed by atoms with Gasteiger partial charge >= 0.3 is 5.97 Å². The molecule has 1 aromatic carbocycles. The van der Waals surface area contributed by atoms with Crippen LogP contribution in [0.5, 0.6) is 0 Å². The molecule has 1 N–H and O–H groups in total.